The molecule has 1 aromatic rings. The lowest BCUT2D eigenvalue weighted by atomic mass is 10.2. The van der Waals surface area contributed by atoms with E-state index < -0.39 is 0 Å². The number of rotatable bonds is 3. The van der Waals surface area contributed by atoms with Crippen molar-refractivity contribution >= 4 is 22.6 Å². The predicted octanol–water partition coefficient (Wildman–Crippen LogP) is 0.421. The van der Waals surface area contributed by atoms with Crippen LogP contribution in [0.15, 0.2) is 0 Å². The Labute approximate surface area is 111 Å². The summed E-state index contributed by atoms with van der Waals surface area (Å²) in [5.41, 5.74) is 5.56. The number of piperazine rings is 1. The van der Waals surface area contributed by atoms with Crippen LogP contribution in [-0.2, 0) is 4.74 Å². The highest BCUT2D eigenvalue weighted by atomic mass is 32.1. The van der Waals surface area contributed by atoms with Gasteiger partial charge in [0.25, 0.3) is 0 Å². The number of aromatic nitrogens is 2. The predicted molar refractivity (Wildman–Crippen MR) is 71.9 cm³/mol. The van der Waals surface area contributed by atoms with Crippen molar-refractivity contribution in [2.45, 2.75) is 18.9 Å². The zero-order chi connectivity index (χ0) is 12.4. The molecule has 0 saturated carbocycles. The summed E-state index contributed by atoms with van der Waals surface area (Å²) in [5.74, 6) is 0.386. The van der Waals surface area contributed by atoms with Gasteiger partial charge in [-0.05, 0) is 12.8 Å². The van der Waals surface area contributed by atoms with Crippen molar-refractivity contribution in [1.82, 2.24) is 14.3 Å². The van der Waals surface area contributed by atoms with Gasteiger partial charge in [-0.1, -0.05) is 0 Å². The summed E-state index contributed by atoms with van der Waals surface area (Å²) in [6, 6.07) is 0. The highest BCUT2D eigenvalue weighted by Crippen LogP contribution is 2.20. The van der Waals surface area contributed by atoms with Crippen LogP contribution in [0.25, 0.3) is 0 Å². The van der Waals surface area contributed by atoms with Gasteiger partial charge >= 0.3 is 0 Å². The summed E-state index contributed by atoms with van der Waals surface area (Å²) in [6.45, 7) is 6.15. The first-order valence-corrected chi connectivity index (χ1v) is 7.27. The van der Waals surface area contributed by atoms with Crippen LogP contribution in [0.3, 0.4) is 0 Å². The van der Waals surface area contributed by atoms with Gasteiger partial charge in [0.1, 0.15) is 0 Å². The van der Waals surface area contributed by atoms with Gasteiger partial charge in [-0.2, -0.15) is 9.36 Å². The van der Waals surface area contributed by atoms with E-state index in [4.69, 9.17) is 10.5 Å². The van der Waals surface area contributed by atoms with Crippen LogP contribution >= 0.6 is 11.5 Å². The minimum absolute atomic E-state index is 0.386. The molecule has 0 aromatic carbocycles. The summed E-state index contributed by atoms with van der Waals surface area (Å²) in [4.78, 5) is 8.98. The maximum atomic E-state index is 5.68. The van der Waals surface area contributed by atoms with E-state index in [0.29, 0.717) is 12.1 Å². The molecule has 3 rings (SSSR count). The second-order valence-corrected chi connectivity index (χ2v) is 5.59. The third-order valence-electron chi connectivity index (χ3n) is 3.56. The number of anilines is 2. The van der Waals surface area contributed by atoms with E-state index in [1.165, 1.54) is 24.4 Å². The van der Waals surface area contributed by atoms with E-state index in [1.54, 1.807) is 0 Å². The van der Waals surface area contributed by atoms with Crippen LogP contribution in [0.5, 0.6) is 0 Å². The first-order chi connectivity index (χ1) is 8.81. The van der Waals surface area contributed by atoms with Gasteiger partial charge in [-0.3, -0.25) is 4.90 Å². The summed E-state index contributed by atoms with van der Waals surface area (Å²) in [5, 5.41) is 0.948. The van der Waals surface area contributed by atoms with Crippen molar-refractivity contribution in [2.75, 3.05) is 50.0 Å². The molecule has 7 heteroatoms. The lowest BCUT2D eigenvalue weighted by molar-refractivity contribution is 0.0713. The van der Waals surface area contributed by atoms with Gasteiger partial charge in [-0.25, -0.2) is 0 Å². The minimum Gasteiger partial charge on any atom is -0.377 e. The molecule has 1 unspecified atom stereocenters. The lowest BCUT2D eigenvalue weighted by Crippen LogP contribution is -2.48. The Morgan fingerprint density at radius 3 is 2.78 bits per heavy atom. The molecule has 100 valence electrons. The van der Waals surface area contributed by atoms with Crippen LogP contribution in [-0.4, -0.2) is 59.7 Å². The number of nitrogens with two attached hydrogens (primary N) is 1. The standard InChI is InChI=1S/C11H19N5OS/c12-10-13-11(18-14-10)16-5-3-15(4-6-16)8-9-2-1-7-17-9/h9H,1-8H2,(H2,12,14). The van der Waals surface area contributed by atoms with Crippen LogP contribution in [0.2, 0.25) is 0 Å². The van der Waals surface area contributed by atoms with Crippen molar-refractivity contribution in [3.8, 4) is 0 Å². The second kappa shape index (κ2) is 5.38. The maximum absolute atomic E-state index is 5.68. The highest BCUT2D eigenvalue weighted by molar-refractivity contribution is 7.09. The molecular formula is C11H19N5OS. The molecule has 2 fully saturated rings. The first kappa shape index (κ1) is 12.1. The molecule has 6 nitrogen and oxygen atoms in total. The monoisotopic (exact) mass is 269 g/mol. The molecule has 0 radical (unpaired) electrons. The second-order valence-electron chi connectivity index (χ2n) is 4.86. The fourth-order valence-corrected chi connectivity index (χ4v) is 3.20. The zero-order valence-electron chi connectivity index (χ0n) is 10.4. The molecule has 1 aromatic heterocycles. The Balaban J connectivity index is 1.48. The van der Waals surface area contributed by atoms with Crippen LogP contribution in [0.1, 0.15) is 12.8 Å². The molecule has 0 bridgehead atoms. The largest absolute Gasteiger partial charge is 0.377 e. The van der Waals surface area contributed by atoms with E-state index in [9.17, 15) is 0 Å². The number of ether oxygens (including phenoxy) is 1. The average molecular weight is 269 g/mol. The molecule has 2 aliphatic rings. The maximum Gasteiger partial charge on any atom is 0.233 e. The average Bonchev–Trinajstić information content (AvgIpc) is 3.02. The Morgan fingerprint density at radius 1 is 1.33 bits per heavy atom. The Hall–Kier alpha value is -0.920. The van der Waals surface area contributed by atoms with Gasteiger partial charge in [0.15, 0.2) is 0 Å². The van der Waals surface area contributed by atoms with E-state index in [-0.39, 0.29) is 0 Å². The van der Waals surface area contributed by atoms with Gasteiger partial charge in [0, 0.05) is 50.9 Å². The smallest absolute Gasteiger partial charge is 0.233 e. The Morgan fingerprint density at radius 2 is 2.17 bits per heavy atom. The van der Waals surface area contributed by atoms with E-state index in [0.717, 1.165) is 44.5 Å². The SMILES string of the molecule is Nc1nsc(N2CCN(CC3CCCO3)CC2)n1. The van der Waals surface area contributed by atoms with Crippen molar-refractivity contribution in [3.05, 3.63) is 0 Å². The molecule has 3 heterocycles. The van der Waals surface area contributed by atoms with Crippen molar-refractivity contribution < 1.29 is 4.74 Å². The van der Waals surface area contributed by atoms with Crippen molar-refractivity contribution in [3.63, 3.8) is 0 Å². The van der Waals surface area contributed by atoms with Gasteiger partial charge in [0.2, 0.25) is 11.1 Å². The third kappa shape index (κ3) is 2.73. The van der Waals surface area contributed by atoms with Crippen LogP contribution < -0.4 is 10.6 Å². The number of nitrogen functional groups attached to an aromatic ring is 1. The van der Waals surface area contributed by atoms with E-state index in [2.05, 4.69) is 19.2 Å². The molecule has 1 atom stereocenters. The number of hydrogen-bond donors (Lipinski definition) is 1. The Bertz CT molecular complexity index is 385. The normalized spacial score (nSPS) is 25.8. The van der Waals surface area contributed by atoms with Gasteiger partial charge in [-0.15, -0.1) is 0 Å². The summed E-state index contributed by atoms with van der Waals surface area (Å²) < 4.78 is 9.71. The molecule has 2 N–H and O–H groups in total. The molecular weight excluding hydrogens is 250 g/mol. The van der Waals surface area contributed by atoms with E-state index >= 15 is 0 Å². The van der Waals surface area contributed by atoms with Crippen LogP contribution in [0, 0.1) is 0 Å². The molecule has 2 aliphatic heterocycles. The zero-order valence-corrected chi connectivity index (χ0v) is 11.2. The van der Waals surface area contributed by atoms with Crippen molar-refractivity contribution in [2.24, 2.45) is 0 Å². The third-order valence-corrected chi connectivity index (χ3v) is 4.35. The summed E-state index contributed by atoms with van der Waals surface area (Å²) in [7, 11) is 0. The summed E-state index contributed by atoms with van der Waals surface area (Å²) in [6.07, 6.45) is 2.88. The highest BCUT2D eigenvalue weighted by Gasteiger charge is 2.23. The quantitative estimate of drug-likeness (QED) is 0.858. The summed E-state index contributed by atoms with van der Waals surface area (Å²) >= 11 is 1.39. The van der Waals surface area contributed by atoms with Gasteiger partial charge in [0.05, 0.1) is 6.10 Å². The molecule has 0 spiro atoms. The molecule has 0 aliphatic carbocycles. The number of hydrogen-bond acceptors (Lipinski definition) is 7. The first-order valence-electron chi connectivity index (χ1n) is 6.49. The lowest BCUT2D eigenvalue weighted by Gasteiger charge is -2.35. The van der Waals surface area contributed by atoms with Crippen LogP contribution in [0.4, 0.5) is 11.1 Å². The number of nitrogens with zero attached hydrogens (tertiary/aromatic N) is 4. The molecule has 0 amide bonds. The molecule has 18 heavy (non-hydrogen) atoms. The fourth-order valence-electron chi connectivity index (χ4n) is 2.55. The van der Waals surface area contributed by atoms with E-state index in [1.807, 2.05) is 0 Å². The fraction of sp³-hybridized carbons (Fsp3) is 0.818. The molecule has 2 saturated heterocycles. The van der Waals surface area contributed by atoms with Gasteiger partial charge < -0.3 is 15.4 Å². The minimum atomic E-state index is 0.386. The topological polar surface area (TPSA) is 67.5 Å². The Kier molecular flexibility index (Phi) is 3.62. The van der Waals surface area contributed by atoms with Crippen molar-refractivity contribution in [1.29, 1.82) is 0 Å².